The van der Waals surface area contributed by atoms with Crippen molar-refractivity contribution in [1.82, 2.24) is 4.90 Å². The van der Waals surface area contributed by atoms with E-state index in [-0.39, 0.29) is 7.97 Å². The van der Waals surface area contributed by atoms with Gasteiger partial charge in [0.15, 0.2) is 0 Å². The van der Waals surface area contributed by atoms with Crippen LogP contribution in [-0.4, -0.2) is 23.7 Å². The van der Waals surface area contributed by atoms with Crippen LogP contribution in [0.4, 0.5) is 13.2 Å². The Balaban J connectivity index is 0.00000112. The highest BCUT2D eigenvalue weighted by atomic mass is 19.4. The van der Waals surface area contributed by atoms with E-state index in [0.717, 1.165) is 5.56 Å². The van der Waals surface area contributed by atoms with E-state index in [4.69, 9.17) is 0 Å². The molecule has 0 aromatic heterocycles. The van der Waals surface area contributed by atoms with Gasteiger partial charge in [0.2, 0.25) is 0 Å². The number of alkyl halides is 3. The number of hydrogen-bond acceptors (Lipinski definition) is 1. The summed E-state index contributed by atoms with van der Waals surface area (Å²) >= 11 is 0. The molecule has 0 N–H and O–H groups in total. The average molecular weight is 202 g/mol. The topological polar surface area (TPSA) is 3.01 Å². The van der Waals surface area contributed by atoms with E-state index in [1.54, 1.807) is 0 Å². The molecule has 0 spiro atoms. The second-order valence-electron chi connectivity index (χ2n) is 3.47. The smallest absolute Gasteiger partial charge is 0.285 e. The van der Waals surface area contributed by atoms with E-state index in [1.807, 2.05) is 30.3 Å². The molecule has 0 amide bonds. The van der Waals surface area contributed by atoms with Crippen LogP contribution in [0, 0.1) is 0 Å². The number of benzene rings is 1. The minimum absolute atomic E-state index is 0. The first kappa shape index (κ1) is 9.52. The highest BCUT2D eigenvalue weighted by Gasteiger charge is 2.53. The van der Waals surface area contributed by atoms with E-state index >= 15 is 0 Å². The summed E-state index contributed by atoms with van der Waals surface area (Å²) < 4.78 is 36.5. The van der Waals surface area contributed by atoms with Crippen LogP contribution in [0.3, 0.4) is 0 Å². The Kier molecular flexibility index (Phi) is 2.23. The lowest BCUT2D eigenvalue weighted by molar-refractivity contribution is -0.136. The number of rotatable bonds is 2. The van der Waals surface area contributed by atoms with E-state index in [9.17, 15) is 13.2 Å². The van der Waals surface area contributed by atoms with Crippen molar-refractivity contribution in [3.8, 4) is 0 Å². The molecular formula is C10H11F3N+. The molecule has 1 fully saturated rings. The number of hydrogen-bond donors (Lipinski definition) is 0. The normalized spacial score (nSPS) is 26.2. The standard InChI is InChI=1S/C10H10F3N/c11-10(12,13)9-7-14(9)6-8-4-2-1-3-5-8/h1-5,9H,6-7H2/p+1/t9-,14?/m1/s1. The van der Waals surface area contributed by atoms with Gasteiger partial charge in [-0.2, -0.15) is 13.2 Å². The van der Waals surface area contributed by atoms with E-state index in [1.165, 1.54) is 4.90 Å². The lowest BCUT2D eigenvalue weighted by Crippen LogP contribution is -2.20. The Labute approximate surface area is 81.6 Å². The van der Waals surface area contributed by atoms with Crippen LogP contribution in [0.1, 0.15) is 6.99 Å². The van der Waals surface area contributed by atoms with Crippen molar-refractivity contribution in [3.63, 3.8) is 0 Å². The van der Waals surface area contributed by atoms with Crippen LogP contribution in [0.5, 0.6) is 0 Å². The molecule has 2 atom stereocenters. The molecule has 0 aliphatic carbocycles. The molecule has 1 saturated heterocycles. The summed E-state index contributed by atoms with van der Waals surface area (Å²) in [6.45, 7) is 0.531. The van der Waals surface area contributed by atoms with Crippen molar-refractivity contribution < 1.29 is 14.6 Å². The summed E-state index contributed by atoms with van der Waals surface area (Å²) in [4.78, 5) is 1.41. The first-order valence-electron chi connectivity index (χ1n) is 4.42. The third-order valence-corrected chi connectivity index (χ3v) is 2.32. The molecule has 1 nitrogen and oxygen atoms in total. The molecule has 1 unspecified atom stereocenters. The SMILES string of the molecule is FC(F)(F)[C@H]1CN1Cc1ccccc1.[H+]. The van der Waals surface area contributed by atoms with Crippen molar-refractivity contribution in [2.45, 2.75) is 18.8 Å². The Morgan fingerprint density at radius 1 is 1.29 bits per heavy atom. The van der Waals surface area contributed by atoms with Crippen molar-refractivity contribution in [2.24, 2.45) is 0 Å². The van der Waals surface area contributed by atoms with Crippen LogP contribution in [-0.2, 0) is 6.54 Å². The van der Waals surface area contributed by atoms with Gasteiger partial charge in [-0.1, -0.05) is 30.3 Å². The highest BCUT2D eigenvalue weighted by molar-refractivity contribution is 5.16. The molecule has 1 aliphatic heterocycles. The molecular weight excluding hydrogens is 191 g/mol. The lowest BCUT2D eigenvalue weighted by Gasteiger charge is -2.06. The maximum Gasteiger partial charge on any atom is 1.00 e. The van der Waals surface area contributed by atoms with Gasteiger partial charge in [-0.3, -0.25) is 4.90 Å². The quantitative estimate of drug-likeness (QED) is 0.666. The molecule has 1 heterocycles. The minimum atomic E-state index is -4.06. The summed E-state index contributed by atoms with van der Waals surface area (Å²) in [5.41, 5.74) is 0.930. The monoisotopic (exact) mass is 202 g/mol. The summed E-state index contributed by atoms with van der Waals surface area (Å²) in [5, 5.41) is 0. The maximum absolute atomic E-state index is 12.2. The number of nitrogens with zero attached hydrogens (tertiary/aromatic N) is 1. The Bertz CT molecular complexity index is 312. The van der Waals surface area contributed by atoms with Gasteiger partial charge in [-0.05, 0) is 5.56 Å². The van der Waals surface area contributed by atoms with Crippen LogP contribution < -0.4 is 0 Å². The summed E-state index contributed by atoms with van der Waals surface area (Å²) in [7, 11) is 0. The molecule has 14 heavy (non-hydrogen) atoms. The average Bonchev–Trinajstić information content (AvgIpc) is 2.85. The molecule has 1 aromatic carbocycles. The van der Waals surface area contributed by atoms with E-state index < -0.39 is 12.2 Å². The lowest BCUT2D eigenvalue weighted by atomic mass is 10.2. The largest absolute Gasteiger partial charge is 1.00 e. The Hall–Kier alpha value is -1.03. The molecule has 2 rings (SSSR count). The zero-order chi connectivity index (χ0) is 10.2. The van der Waals surface area contributed by atoms with Crippen molar-refractivity contribution in [1.29, 1.82) is 0 Å². The summed E-state index contributed by atoms with van der Waals surface area (Å²) in [5.74, 6) is 0. The van der Waals surface area contributed by atoms with Crippen LogP contribution in [0.2, 0.25) is 0 Å². The van der Waals surface area contributed by atoms with Gasteiger partial charge in [0, 0.05) is 13.1 Å². The van der Waals surface area contributed by atoms with Crippen LogP contribution >= 0.6 is 0 Å². The maximum atomic E-state index is 12.2. The minimum Gasteiger partial charge on any atom is -0.285 e. The Morgan fingerprint density at radius 3 is 2.43 bits per heavy atom. The predicted molar refractivity (Wildman–Crippen MR) is 47.8 cm³/mol. The zero-order valence-electron chi connectivity index (χ0n) is 8.46. The van der Waals surface area contributed by atoms with Gasteiger partial charge in [-0.15, -0.1) is 0 Å². The van der Waals surface area contributed by atoms with Gasteiger partial charge in [0.1, 0.15) is 6.04 Å². The molecule has 0 saturated carbocycles. The van der Waals surface area contributed by atoms with Gasteiger partial charge < -0.3 is 0 Å². The van der Waals surface area contributed by atoms with Gasteiger partial charge in [-0.25, -0.2) is 0 Å². The fourth-order valence-corrected chi connectivity index (χ4v) is 1.48. The van der Waals surface area contributed by atoms with Gasteiger partial charge >= 0.3 is 7.60 Å². The molecule has 4 heteroatoms. The fourth-order valence-electron chi connectivity index (χ4n) is 1.48. The molecule has 0 radical (unpaired) electrons. The second-order valence-corrected chi connectivity index (χ2v) is 3.47. The molecule has 1 aromatic rings. The predicted octanol–water partition coefficient (Wildman–Crippen LogP) is 2.55. The van der Waals surface area contributed by atoms with Crippen molar-refractivity contribution >= 4 is 0 Å². The highest BCUT2D eigenvalue weighted by Crippen LogP contribution is 2.35. The summed E-state index contributed by atoms with van der Waals surface area (Å²) in [6, 6.07) is 7.98. The Morgan fingerprint density at radius 2 is 1.93 bits per heavy atom. The zero-order valence-corrected chi connectivity index (χ0v) is 7.46. The van der Waals surface area contributed by atoms with E-state index in [2.05, 4.69) is 0 Å². The molecule has 0 bridgehead atoms. The molecule has 1 aliphatic rings. The summed E-state index contributed by atoms with van der Waals surface area (Å²) in [6.07, 6.45) is -4.06. The van der Waals surface area contributed by atoms with Crippen molar-refractivity contribution in [3.05, 3.63) is 35.9 Å². The first-order valence-corrected chi connectivity index (χ1v) is 4.42. The van der Waals surface area contributed by atoms with Crippen LogP contribution in [0.15, 0.2) is 30.3 Å². The van der Waals surface area contributed by atoms with E-state index in [0.29, 0.717) is 6.54 Å². The van der Waals surface area contributed by atoms with Gasteiger partial charge in [0.25, 0.3) is 0 Å². The number of halogens is 3. The second kappa shape index (κ2) is 3.28. The van der Waals surface area contributed by atoms with Gasteiger partial charge in [0.05, 0.1) is 0 Å². The fraction of sp³-hybridized carbons (Fsp3) is 0.400. The van der Waals surface area contributed by atoms with Crippen LogP contribution in [0.25, 0.3) is 0 Å². The third kappa shape index (κ3) is 2.07. The molecule has 76 valence electrons. The van der Waals surface area contributed by atoms with Crippen molar-refractivity contribution in [2.75, 3.05) is 6.54 Å². The third-order valence-electron chi connectivity index (χ3n) is 2.32. The first-order chi connectivity index (χ1) is 6.57.